The van der Waals surface area contributed by atoms with Gasteiger partial charge in [0.25, 0.3) is 5.91 Å². The first-order chi connectivity index (χ1) is 10.0. The number of rotatable bonds is 1. The molecule has 2 aromatic rings. The van der Waals surface area contributed by atoms with Gasteiger partial charge in [0.2, 0.25) is 0 Å². The Hall–Kier alpha value is -2.01. The summed E-state index contributed by atoms with van der Waals surface area (Å²) in [4.78, 5) is 18.8. The van der Waals surface area contributed by atoms with E-state index in [9.17, 15) is 9.18 Å². The van der Waals surface area contributed by atoms with Crippen molar-refractivity contribution in [2.45, 2.75) is 20.0 Å². The van der Waals surface area contributed by atoms with Gasteiger partial charge in [-0.15, -0.1) is 0 Å². The molecular formula is C16H17FN2O2. The third-order valence-corrected chi connectivity index (χ3v) is 3.66. The first-order valence-electron chi connectivity index (χ1n) is 7.02. The van der Waals surface area contributed by atoms with Gasteiger partial charge in [0, 0.05) is 30.2 Å². The van der Waals surface area contributed by atoms with E-state index in [0.717, 1.165) is 0 Å². The molecule has 0 radical (unpaired) electrons. The Labute approximate surface area is 122 Å². The number of carbonyl (C=O) groups is 1. The quantitative estimate of drug-likeness (QED) is 0.810. The van der Waals surface area contributed by atoms with Crippen LogP contribution in [0.1, 0.15) is 23.0 Å². The minimum Gasteiger partial charge on any atom is -0.375 e. The molecule has 1 fully saturated rings. The van der Waals surface area contributed by atoms with E-state index in [1.165, 1.54) is 12.1 Å². The number of aromatic nitrogens is 1. The van der Waals surface area contributed by atoms with Gasteiger partial charge >= 0.3 is 0 Å². The van der Waals surface area contributed by atoms with Crippen LogP contribution >= 0.6 is 0 Å². The molecule has 1 aliphatic heterocycles. The molecular weight excluding hydrogens is 271 g/mol. The summed E-state index contributed by atoms with van der Waals surface area (Å²) in [5, 5.41) is 0.686. The highest BCUT2D eigenvalue weighted by molar-refractivity contribution is 6.06. The SMILES string of the molecule is Cc1cc(C(=O)N2CCO[C@@H](C)C2)c2ccc(F)cc2n1. The molecule has 1 atom stereocenters. The normalized spacial score (nSPS) is 19.0. The minimum atomic E-state index is -0.348. The van der Waals surface area contributed by atoms with Crippen LogP contribution in [0.15, 0.2) is 24.3 Å². The third-order valence-electron chi connectivity index (χ3n) is 3.66. The fraction of sp³-hybridized carbons (Fsp3) is 0.375. The lowest BCUT2D eigenvalue weighted by molar-refractivity contribution is -0.0123. The summed E-state index contributed by atoms with van der Waals surface area (Å²) in [5.74, 6) is -0.397. The van der Waals surface area contributed by atoms with E-state index in [-0.39, 0.29) is 17.8 Å². The van der Waals surface area contributed by atoms with Crippen LogP contribution in [-0.4, -0.2) is 41.6 Å². The molecule has 2 heterocycles. The molecule has 110 valence electrons. The number of morpholine rings is 1. The molecule has 1 aliphatic rings. The fourth-order valence-corrected chi connectivity index (χ4v) is 2.68. The Balaban J connectivity index is 2.04. The van der Waals surface area contributed by atoms with Crippen molar-refractivity contribution < 1.29 is 13.9 Å². The minimum absolute atomic E-state index is 0.0364. The molecule has 1 aromatic carbocycles. The lowest BCUT2D eigenvalue weighted by Gasteiger charge is -2.31. The molecule has 1 amide bonds. The number of halogens is 1. The van der Waals surface area contributed by atoms with Crippen LogP contribution in [0.25, 0.3) is 10.9 Å². The topological polar surface area (TPSA) is 42.4 Å². The summed E-state index contributed by atoms with van der Waals surface area (Å²) in [6.45, 7) is 5.45. The van der Waals surface area contributed by atoms with Crippen molar-refractivity contribution in [3.8, 4) is 0 Å². The highest BCUT2D eigenvalue weighted by atomic mass is 19.1. The Morgan fingerprint density at radius 3 is 3.00 bits per heavy atom. The van der Waals surface area contributed by atoms with Crippen molar-refractivity contribution >= 4 is 16.8 Å². The Bertz CT molecular complexity index is 697. The monoisotopic (exact) mass is 288 g/mol. The maximum Gasteiger partial charge on any atom is 0.254 e. The molecule has 1 saturated heterocycles. The van der Waals surface area contributed by atoms with E-state index in [1.807, 2.05) is 13.8 Å². The second kappa shape index (κ2) is 5.41. The van der Waals surface area contributed by atoms with Crippen molar-refractivity contribution in [2.24, 2.45) is 0 Å². The zero-order chi connectivity index (χ0) is 15.0. The zero-order valence-electron chi connectivity index (χ0n) is 12.1. The highest BCUT2D eigenvalue weighted by Crippen LogP contribution is 2.22. The maximum absolute atomic E-state index is 13.4. The number of aryl methyl sites for hydroxylation is 1. The van der Waals surface area contributed by atoms with Crippen LogP contribution in [0.2, 0.25) is 0 Å². The Kier molecular flexibility index (Phi) is 3.59. The highest BCUT2D eigenvalue weighted by Gasteiger charge is 2.24. The van der Waals surface area contributed by atoms with Gasteiger partial charge in [-0.3, -0.25) is 9.78 Å². The van der Waals surface area contributed by atoms with Gasteiger partial charge in [0.05, 0.1) is 23.8 Å². The number of benzene rings is 1. The predicted molar refractivity (Wildman–Crippen MR) is 77.8 cm³/mol. The van der Waals surface area contributed by atoms with Crippen LogP contribution in [0.3, 0.4) is 0 Å². The molecule has 1 aromatic heterocycles. The number of fused-ring (bicyclic) bond motifs is 1. The van der Waals surface area contributed by atoms with Crippen molar-refractivity contribution in [2.75, 3.05) is 19.7 Å². The van der Waals surface area contributed by atoms with Gasteiger partial charge in [0.15, 0.2) is 0 Å². The number of ether oxygens (including phenoxy) is 1. The van der Waals surface area contributed by atoms with Crippen LogP contribution < -0.4 is 0 Å². The number of amides is 1. The summed E-state index contributed by atoms with van der Waals surface area (Å²) in [6, 6.07) is 6.11. The van der Waals surface area contributed by atoms with Gasteiger partial charge in [-0.2, -0.15) is 0 Å². The summed E-state index contributed by atoms with van der Waals surface area (Å²) in [5.41, 5.74) is 1.80. The van der Waals surface area contributed by atoms with Gasteiger partial charge in [0.1, 0.15) is 5.82 Å². The molecule has 3 rings (SSSR count). The van der Waals surface area contributed by atoms with Crippen molar-refractivity contribution in [3.05, 3.63) is 41.3 Å². The number of pyridine rings is 1. The Morgan fingerprint density at radius 1 is 1.43 bits per heavy atom. The lowest BCUT2D eigenvalue weighted by atomic mass is 10.1. The number of hydrogen-bond acceptors (Lipinski definition) is 3. The lowest BCUT2D eigenvalue weighted by Crippen LogP contribution is -2.44. The van der Waals surface area contributed by atoms with E-state index >= 15 is 0 Å². The third kappa shape index (κ3) is 2.74. The fourth-order valence-electron chi connectivity index (χ4n) is 2.68. The van der Waals surface area contributed by atoms with Gasteiger partial charge in [-0.05, 0) is 32.0 Å². The van der Waals surface area contributed by atoms with E-state index < -0.39 is 0 Å². The first kappa shape index (κ1) is 13.9. The van der Waals surface area contributed by atoms with Gasteiger partial charge in [-0.25, -0.2) is 4.39 Å². The number of carbonyl (C=O) groups excluding carboxylic acids is 1. The zero-order valence-corrected chi connectivity index (χ0v) is 12.1. The van der Waals surface area contributed by atoms with E-state index in [0.29, 0.717) is 41.9 Å². The van der Waals surface area contributed by atoms with Crippen LogP contribution in [-0.2, 0) is 4.74 Å². The van der Waals surface area contributed by atoms with Gasteiger partial charge in [-0.1, -0.05) is 0 Å². The standard InChI is InChI=1S/C16H17FN2O2/c1-10-7-14(13-4-3-12(17)8-15(13)18-10)16(20)19-5-6-21-11(2)9-19/h3-4,7-8,11H,5-6,9H2,1-2H3/t11-/m0/s1. The number of hydrogen-bond donors (Lipinski definition) is 0. The van der Waals surface area contributed by atoms with E-state index in [1.54, 1.807) is 17.0 Å². The first-order valence-corrected chi connectivity index (χ1v) is 7.02. The Morgan fingerprint density at radius 2 is 2.24 bits per heavy atom. The molecule has 0 saturated carbocycles. The predicted octanol–water partition coefficient (Wildman–Crippen LogP) is 2.54. The van der Waals surface area contributed by atoms with Crippen molar-refractivity contribution in [3.63, 3.8) is 0 Å². The molecule has 0 bridgehead atoms. The van der Waals surface area contributed by atoms with Crippen molar-refractivity contribution in [1.82, 2.24) is 9.88 Å². The van der Waals surface area contributed by atoms with Crippen LogP contribution in [0.4, 0.5) is 4.39 Å². The van der Waals surface area contributed by atoms with E-state index in [2.05, 4.69) is 4.98 Å². The van der Waals surface area contributed by atoms with Crippen LogP contribution in [0, 0.1) is 12.7 Å². The summed E-state index contributed by atoms with van der Waals surface area (Å²) in [7, 11) is 0. The summed E-state index contributed by atoms with van der Waals surface area (Å²) >= 11 is 0. The molecule has 0 unspecified atom stereocenters. The second-order valence-corrected chi connectivity index (χ2v) is 5.41. The maximum atomic E-state index is 13.4. The van der Waals surface area contributed by atoms with Crippen LogP contribution in [0.5, 0.6) is 0 Å². The largest absolute Gasteiger partial charge is 0.375 e. The molecule has 5 heteroatoms. The molecule has 0 N–H and O–H groups in total. The number of nitrogens with zero attached hydrogens (tertiary/aromatic N) is 2. The molecule has 4 nitrogen and oxygen atoms in total. The molecule has 0 spiro atoms. The van der Waals surface area contributed by atoms with E-state index in [4.69, 9.17) is 4.74 Å². The molecule has 0 aliphatic carbocycles. The summed E-state index contributed by atoms with van der Waals surface area (Å²) < 4.78 is 18.8. The average molecular weight is 288 g/mol. The smallest absolute Gasteiger partial charge is 0.254 e. The summed E-state index contributed by atoms with van der Waals surface area (Å²) in [6.07, 6.45) is 0.0364. The average Bonchev–Trinajstić information content (AvgIpc) is 2.45. The second-order valence-electron chi connectivity index (χ2n) is 5.41. The van der Waals surface area contributed by atoms with Gasteiger partial charge < -0.3 is 9.64 Å². The molecule has 21 heavy (non-hydrogen) atoms. The van der Waals surface area contributed by atoms with Crippen molar-refractivity contribution in [1.29, 1.82) is 0 Å².